The first-order chi connectivity index (χ1) is 14.9. The van der Waals surface area contributed by atoms with E-state index in [1.165, 1.54) is 16.7 Å². The number of carbonyl (C=O) groups is 1. The van der Waals surface area contributed by atoms with Crippen LogP contribution in [0.2, 0.25) is 0 Å². The van der Waals surface area contributed by atoms with Crippen LogP contribution in [0.15, 0.2) is 76.6 Å². The van der Waals surface area contributed by atoms with Crippen molar-refractivity contribution in [3.05, 3.63) is 103 Å². The fraction of sp³-hybridized carbons (Fsp3) is 0.0952. The molecule has 4 aromatic rings. The SMILES string of the molecule is O=C(Cn1c(=O)c(=O)[nH]c2cc([N+](=O)[O-])c(-n3cccc3)cc21)NCc1ccccc1. The van der Waals surface area contributed by atoms with Crippen LogP contribution in [0, 0.1) is 10.1 Å². The lowest BCUT2D eigenvalue weighted by Crippen LogP contribution is -2.40. The monoisotopic (exact) mass is 419 g/mol. The van der Waals surface area contributed by atoms with Gasteiger partial charge in [-0.1, -0.05) is 30.3 Å². The lowest BCUT2D eigenvalue weighted by Gasteiger charge is -2.12. The number of nitrogens with one attached hydrogen (secondary N) is 2. The molecule has 0 spiro atoms. The second-order valence-electron chi connectivity index (χ2n) is 6.81. The molecule has 0 aliphatic carbocycles. The van der Waals surface area contributed by atoms with E-state index in [4.69, 9.17) is 0 Å². The molecular weight excluding hydrogens is 402 g/mol. The first-order valence-corrected chi connectivity index (χ1v) is 9.33. The Kier molecular flexibility index (Phi) is 5.19. The van der Waals surface area contributed by atoms with Gasteiger partial charge in [-0.2, -0.15) is 0 Å². The van der Waals surface area contributed by atoms with Crippen LogP contribution in [0.25, 0.3) is 16.7 Å². The van der Waals surface area contributed by atoms with Crippen molar-refractivity contribution in [2.24, 2.45) is 0 Å². The summed E-state index contributed by atoms with van der Waals surface area (Å²) >= 11 is 0. The number of carbonyl (C=O) groups excluding carboxylic acids is 1. The van der Waals surface area contributed by atoms with Gasteiger partial charge in [0, 0.05) is 25.0 Å². The van der Waals surface area contributed by atoms with Gasteiger partial charge in [0.05, 0.1) is 16.0 Å². The van der Waals surface area contributed by atoms with Crippen molar-refractivity contribution in [3.8, 4) is 5.69 Å². The number of amides is 1. The van der Waals surface area contributed by atoms with Gasteiger partial charge in [-0.3, -0.25) is 29.1 Å². The molecule has 2 aromatic heterocycles. The predicted molar refractivity (Wildman–Crippen MR) is 113 cm³/mol. The van der Waals surface area contributed by atoms with Gasteiger partial charge in [-0.05, 0) is 23.8 Å². The topological polar surface area (TPSA) is 132 Å². The first-order valence-electron chi connectivity index (χ1n) is 9.33. The lowest BCUT2D eigenvalue weighted by molar-refractivity contribution is -0.384. The second kappa shape index (κ2) is 8.11. The van der Waals surface area contributed by atoms with E-state index in [0.717, 1.165) is 10.1 Å². The molecular formula is C21H17N5O5. The Morgan fingerprint density at radius 3 is 2.45 bits per heavy atom. The number of hydrogen-bond donors (Lipinski definition) is 2. The lowest BCUT2D eigenvalue weighted by atomic mass is 10.2. The molecule has 0 unspecified atom stereocenters. The zero-order valence-electron chi connectivity index (χ0n) is 16.1. The van der Waals surface area contributed by atoms with E-state index in [0.29, 0.717) is 0 Å². The number of fused-ring (bicyclic) bond motifs is 1. The standard InChI is InChI=1S/C21H17N5O5/c27-19(22-12-14-6-2-1-3-7-14)13-25-16-11-17(24-8-4-5-9-24)18(26(30)31)10-15(16)23-20(28)21(25)29/h1-11H,12-13H2,(H,22,27)(H,23,28). The molecule has 0 saturated carbocycles. The molecule has 0 fully saturated rings. The summed E-state index contributed by atoms with van der Waals surface area (Å²) in [6, 6.07) is 15.2. The van der Waals surface area contributed by atoms with Crippen LogP contribution in [0.1, 0.15) is 5.56 Å². The minimum atomic E-state index is -0.966. The number of nitrogens with zero attached hydrogens (tertiary/aromatic N) is 3. The molecule has 2 heterocycles. The minimum absolute atomic E-state index is 0.0862. The molecule has 0 atom stereocenters. The highest BCUT2D eigenvalue weighted by Crippen LogP contribution is 2.27. The number of benzene rings is 2. The number of nitro benzene ring substituents is 1. The quantitative estimate of drug-likeness (QED) is 0.279. The summed E-state index contributed by atoms with van der Waals surface area (Å²) < 4.78 is 2.54. The Balaban J connectivity index is 1.77. The number of rotatable bonds is 6. The molecule has 0 bridgehead atoms. The predicted octanol–water partition coefficient (Wildman–Crippen LogP) is 1.71. The van der Waals surface area contributed by atoms with E-state index < -0.39 is 28.5 Å². The van der Waals surface area contributed by atoms with Crippen LogP contribution in [0.4, 0.5) is 5.69 Å². The highest BCUT2D eigenvalue weighted by molar-refractivity contribution is 5.84. The summed E-state index contributed by atoms with van der Waals surface area (Å²) in [4.78, 5) is 50.5. The molecule has 10 heteroatoms. The zero-order valence-corrected chi connectivity index (χ0v) is 16.1. The summed E-state index contributed by atoms with van der Waals surface area (Å²) in [6.07, 6.45) is 3.24. The van der Waals surface area contributed by atoms with Crippen molar-refractivity contribution in [1.29, 1.82) is 0 Å². The van der Waals surface area contributed by atoms with Crippen molar-refractivity contribution >= 4 is 22.6 Å². The van der Waals surface area contributed by atoms with Crippen LogP contribution in [0.5, 0.6) is 0 Å². The van der Waals surface area contributed by atoms with Crippen molar-refractivity contribution < 1.29 is 9.72 Å². The van der Waals surface area contributed by atoms with E-state index in [9.17, 15) is 24.5 Å². The Bertz CT molecular complexity index is 1390. The molecule has 1 amide bonds. The van der Waals surface area contributed by atoms with E-state index in [2.05, 4.69) is 10.3 Å². The maximum atomic E-state index is 12.5. The van der Waals surface area contributed by atoms with Gasteiger partial charge in [0.15, 0.2) is 0 Å². The fourth-order valence-corrected chi connectivity index (χ4v) is 3.30. The maximum absolute atomic E-state index is 12.5. The van der Waals surface area contributed by atoms with Crippen LogP contribution >= 0.6 is 0 Å². The number of aromatic nitrogens is 3. The molecule has 31 heavy (non-hydrogen) atoms. The molecule has 156 valence electrons. The number of H-pyrrole nitrogens is 1. The van der Waals surface area contributed by atoms with E-state index >= 15 is 0 Å². The summed E-state index contributed by atoms with van der Waals surface area (Å²) in [6.45, 7) is -0.148. The summed E-state index contributed by atoms with van der Waals surface area (Å²) in [5, 5.41) is 14.3. The minimum Gasteiger partial charge on any atom is -0.350 e. The van der Waals surface area contributed by atoms with Gasteiger partial charge in [0.2, 0.25) is 5.91 Å². The van der Waals surface area contributed by atoms with E-state index in [1.54, 1.807) is 24.5 Å². The number of nitro groups is 1. The smallest absolute Gasteiger partial charge is 0.317 e. The van der Waals surface area contributed by atoms with Crippen LogP contribution < -0.4 is 16.4 Å². The van der Waals surface area contributed by atoms with Crippen LogP contribution in [-0.4, -0.2) is 24.9 Å². The van der Waals surface area contributed by atoms with Gasteiger partial charge in [-0.25, -0.2) is 0 Å². The summed E-state index contributed by atoms with van der Waals surface area (Å²) in [7, 11) is 0. The Morgan fingerprint density at radius 1 is 1.06 bits per heavy atom. The van der Waals surface area contributed by atoms with Crippen molar-refractivity contribution in [2.45, 2.75) is 13.1 Å². The van der Waals surface area contributed by atoms with Gasteiger partial charge in [0.1, 0.15) is 12.2 Å². The highest BCUT2D eigenvalue weighted by Gasteiger charge is 2.20. The average molecular weight is 419 g/mol. The van der Waals surface area contributed by atoms with Crippen molar-refractivity contribution in [3.63, 3.8) is 0 Å². The third-order valence-electron chi connectivity index (χ3n) is 4.78. The molecule has 0 saturated heterocycles. The molecule has 0 aliphatic heterocycles. The normalized spacial score (nSPS) is 10.8. The molecule has 4 rings (SSSR count). The third-order valence-corrected chi connectivity index (χ3v) is 4.78. The van der Waals surface area contributed by atoms with E-state index in [-0.39, 0.29) is 29.0 Å². The molecule has 2 aromatic carbocycles. The highest BCUT2D eigenvalue weighted by atomic mass is 16.6. The summed E-state index contributed by atoms with van der Waals surface area (Å²) in [5.74, 6) is -0.473. The molecule has 10 nitrogen and oxygen atoms in total. The zero-order chi connectivity index (χ0) is 22.0. The van der Waals surface area contributed by atoms with Gasteiger partial charge >= 0.3 is 11.1 Å². The van der Waals surface area contributed by atoms with Crippen LogP contribution in [-0.2, 0) is 17.9 Å². The van der Waals surface area contributed by atoms with E-state index in [1.807, 2.05) is 30.3 Å². The summed E-state index contributed by atoms with van der Waals surface area (Å²) in [5.41, 5.74) is -0.771. The Labute approximate surface area is 174 Å². The second-order valence-corrected chi connectivity index (χ2v) is 6.81. The molecule has 0 aliphatic rings. The van der Waals surface area contributed by atoms with Crippen molar-refractivity contribution in [1.82, 2.24) is 19.4 Å². The molecule has 0 radical (unpaired) electrons. The average Bonchev–Trinajstić information content (AvgIpc) is 3.30. The largest absolute Gasteiger partial charge is 0.350 e. The van der Waals surface area contributed by atoms with Gasteiger partial charge in [0.25, 0.3) is 5.69 Å². The fourth-order valence-electron chi connectivity index (χ4n) is 3.30. The van der Waals surface area contributed by atoms with Gasteiger partial charge in [-0.15, -0.1) is 0 Å². The van der Waals surface area contributed by atoms with Crippen molar-refractivity contribution in [2.75, 3.05) is 0 Å². The van der Waals surface area contributed by atoms with Crippen LogP contribution in [0.3, 0.4) is 0 Å². The van der Waals surface area contributed by atoms with Gasteiger partial charge < -0.3 is 14.9 Å². The number of hydrogen-bond acceptors (Lipinski definition) is 5. The Morgan fingerprint density at radius 2 is 1.77 bits per heavy atom. The number of aromatic amines is 1. The third kappa shape index (κ3) is 3.99. The Hall–Kier alpha value is -4.47. The maximum Gasteiger partial charge on any atom is 0.317 e. The molecule has 2 N–H and O–H groups in total. The first kappa shape index (κ1) is 19.8.